The van der Waals surface area contributed by atoms with Crippen LogP contribution in [-0.4, -0.2) is 35.7 Å². The number of hydrogen-bond acceptors (Lipinski definition) is 3. The predicted octanol–water partition coefficient (Wildman–Crippen LogP) is 3.28. The van der Waals surface area contributed by atoms with Gasteiger partial charge in [-0.05, 0) is 19.1 Å². The molecule has 1 aromatic rings. The fraction of sp³-hybridized carbons (Fsp3) is 0.444. The van der Waals surface area contributed by atoms with Gasteiger partial charge in [0.1, 0.15) is 5.78 Å². The highest BCUT2D eigenvalue weighted by Gasteiger charge is 2.19. The number of carbonyl (C=O) groups is 2. The summed E-state index contributed by atoms with van der Waals surface area (Å²) >= 11 is 0. The first-order valence-corrected chi connectivity index (χ1v) is 7.77. The Morgan fingerprint density at radius 1 is 1.18 bits per heavy atom. The maximum atomic E-state index is 12.2. The van der Waals surface area contributed by atoms with Gasteiger partial charge in [-0.15, -0.1) is 6.58 Å². The van der Waals surface area contributed by atoms with Gasteiger partial charge < -0.3 is 10.6 Å². The van der Waals surface area contributed by atoms with E-state index in [1.807, 2.05) is 33.8 Å². The zero-order chi connectivity index (χ0) is 17.5. The first kappa shape index (κ1) is 22.3. The van der Waals surface area contributed by atoms with E-state index in [2.05, 4.69) is 6.58 Å². The van der Waals surface area contributed by atoms with Crippen molar-refractivity contribution in [1.29, 1.82) is 0 Å². The zero-order valence-corrected chi connectivity index (χ0v) is 14.5. The second-order valence-corrected chi connectivity index (χ2v) is 4.08. The molecular formula is C18H30N2O2. The number of ketones is 1. The average molecular weight is 306 g/mol. The molecule has 0 heterocycles. The molecule has 1 aromatic carbocycles. The third-order valence-electron chi connectivity index (χ3n) is 2.60. The first-order chi connectivity index (χ1) is 10.6. The molecule has 0 aliphatic carbocycles. The van der Waals surface area contributed by atoms with Crippen LogP contribution < -0.4 is 5.73 Å². The van der Waals surface area contributed by atoms with E-state index in [1.54, 1.807) is 30.3 Å². The Morgan fingerprint density at radius 2 is 1.68 bits per heavy atom. The average Bonchev–Trinajstić information content (AvgIpc) is 2.58. The van der Waals surface area contributed by atoms with Crippen LogP contribution in [0.5, 0.6) is 0 Å². The standard InChI is InChI=1S/C14H18N2O2.2C2H6/c1-3-9-16(10-13(15)11(2)17)14(18)12-7-5-4-6-8-12;2*1-2/h3-8,13H,1,9-10,15H2,2H3;2*1-2H3. The van der Waals surface area contributed by atoms with E-state index in [9.17, 15) is 9.59 Å². The van der Waals surface area contributed by atoms with Gasteiger partial charge >= 0.3 is 0 Å². The molecule has 0 radical (unpaired) electrons. The molecule has 0 aromatic heterocycles. The largest absolute Gasteiger partial charge is 0.333 e. The van der Waals surface area contributed by atoms with Crippen molar-refractivity contribution in [3.8, 4) is 0 Å². The molecule has 4 heteroatoms. The molecule has 2 N–H and O–H groups in total. The van der Waals surface area contributed by atoms with E-state index in [0.29, 0.717) is 12.1 Å². The minimum atomic E-state index is -0.655. The summed E-state index contributed by atoms with van der Waals surface area (Å²) in [6.45, 7) is 13.6. The van der Waals surface area contributed by atoms with Crippen molar-refractivity contribution in [1.82, 2.24) is 4.90 Å². The smallest absolute Gasteiger partial charge is 0.254 e. The fourth-order valence-electron chi connectivity index (χ4n) is 1.53. The topological polar surface area (TPSA) is 63.4 Å². The lowest BCUT2D eigenvalue weighted by Crippen LogP contribution is -2.44. The van der Waals surface area contributed by atoms with Gasteiger partial charge in [0, 0.05) is 18.7 Å². The van der Waals surface area contributed by atoms with Crippen molar-refractivity contribution in [3.63, 3.8) is 0 Å². The minimum Gasteiger partial charge on any atom is -0.333 e. The van der Waals surface area contributed by atoms with Crippen molar-refractivity contribution < 1.29 is 9.59 Å². The summed E-state index contributed by atoms with van der Waals surface area (Å²) in [6, 6.07) is 8.25. The highest BCUT2D eigenvalue weighted by molar-refractivity contribution is 5.94. The molecule has 0 saturated carbocycles. The monoisotopic (exact) mass is 306 g/mol. The Bertz CT molecular complexity index is 430. The van der Waals surface area contributed by atoms with Crippen molar-refractivity contribution in [3.05, 3.63) is 48.6 Å². The van der Waals surface area contributed by atoms with Crippen LogP contribution >= 0.6 is 0 Å². The summed E-state index contributed by atoms with van der Waals surface area (Å²) in [4.78, 5) is 24.9. The van der Waals surface area contributed by atoms with Gasteiger partial charge in [-0.1, -0.05) is 52.0 Å². The maximum absolute atomic E-state index is 12.2. The van der Waals surface area contributed by atoms with E-state index in [0.717, 1.165) is 0 Å². The van der Waals surface area contributed by atoms with Gasteiger partial charge in [-0.2, -0.15) is 0 Å². The van der Waals surface area contributed by atoms with Crippen LogP contribution in [0.4, 0.5) is 0 Å². The molecule has 0 spiro atoms. The lowest BCUT2D eigenvalue weighted by molar-refractivity contribution is -0.118. The minimum absolute atomic E-state index is 0.134. The van der Waals surface area contributed by atoms with E-state index in [-0.39, 0.29) is 18.2 Å². The number of nitrogens with zero attached hydrogens (tertiary/aromatic N) is 1. The van der Waals surface area contributed by atoms with E-state index in [1.165, 1.54) is 11.8 Å². The van der Waals surface area contributed by atoms with Gasteiger partial charge in [0.25, 0.3) is 5.91 Å². The van der Waals surface area contributed by atoms with Gasteiger partial charge in [-0.25, -0.2) is 0 Å². The Hall–Kier alpha value is -1.94. The molecule has 22 heavy (non-hydrogen) atoms. The van der Waals surface area contributed by atoms with Crippen molar-refractivity contribution in [2.24, 2.45) is 5.73 Å². The van der Waals surface area contributed by atoms with E-state index < -0.39 is 6.04 Å². The second-order valence-electron chi connectivity index (χ2n) is 4.08. The van der Waals surface area contributed by atoms with Crippen LogP contribution in [0, 0.1) is 0 Å². The summed E-state index contributed by atoms with van der Waals surface area (Å²) in [6.07, 6.45) is 1.62. The summed E-state index contributed by atoms with van der Waals surface area (Å²) in [5.41, 5.74) is 6.26. The Labute approximate surface area is 135 Å². The molecular weight excluding hydrogens is 276 g/mol. The Kier molecular flexibility index (Phi) is 14.2. The normalized spacial score (nSPS) is 10.1. The van der Waals surface area contributed by atoms with Gasteiger partial charge in [-0.3, -0.25) is 9.59 Å². The van der Waals surface area contributed by atoms with Crippen molar-refractivity contribution in [2.75, 3.05) is 13.1 Å². The Morgan fingerprint density at radius 3 is 2.09 bits per heavy atom. The molecule has 1 unspecified atom stereocenters. The summed E-state index contributed by atoms with van der Waals surface area (Å²) < 4.78 is 0. The van der Waals surface area contributed by atoms with E-state index in [4.69, 9.17) is 5.73 Å². The molecule has 0 saturated heterocycles. The fourth-order valence-corrected chi connectivity index (χ4v) is 1.53. The third-order valence-corrected chi connectivity index (χ3v) is 2.60. The molecule has 1 amide bonds. The number of benzene rings is 1. The molecule has 0 fully saturated rings. The number of Topliss-reactive ketones (excluding diaryl/α,β-unsaturated/α-hetero) is 1. The van der Waals surface area contributed by atoms with Crippen molar-refractivity contribution >= 4 is 11.7 Å². The lowest BCUT2D eigenvalue weighted by atomic mass is 10.1. The van der Waals surface area contributed by atoms with Crippen LogP contribution in [0.1, 0.15) is 45.0 Å². The maximum Gasteiger partial charge on any atom is 0.254 e. The van der Waals surface area contributed by atoms with Crippen LogP contribution in [0.25, 0.3) is 0 Å². The molecule has 0 aliphatic rings. The van der Waals surface area contributed by atoms with Crippen LogP contribution in [0.3, 0.4) is 0 Å². The highest BCUT2D eigenvalue weighted by Crippen LogP contribution is 2.05. The molecule has 4 nitrogen and oxygen atoms in total. The Balaban J connectivity index is 0. The molecule has 0 aliphatic heterocycles. The van der Waals surface area contributed by atoms with Crippen molar-refractivity contribution in [2.45, 2.75) is 40.7 Å². The second kappa shape index (κ2) is 14.0. The molecule has 0 bridgehead atoms. The van der Waals surface area contributed by atoms with Gasteiger partial charge in [0.2, 0.25) is 0 Å². The van der Waals surface area contributed by atoms with Crippen LogP contribution in [0.15, 0.2) is 43.0 Å². The van der Waals surface area contributed by atoms with Crippen LogP contribution in [-0.2, 0) is 4.79 Å². The van der Waals surface area contributed by atoms with E-state index >= 15 is 0 Å². The quantitative estimate of drug-likeness (QED) is 0.820. The van der Waals surface area contributed by atoms with Crippen LogP contribution in [0.2, 0.25) is 0 Å². The third kappa shape index (κ3) is 8.37. The molecule has 1 atom stereocenters. The number of rotatable bonds is 6. The van der Waals surface area contributed by atoms with Gasteiger partial charge in [0.15, 0.2) is 0 Å². The SMILES string of the molecule is C=CCN(CC(N)C(C)=O)C(=O)c1ccccc1.CC.CC. The summed E-state index contributed by atoms with van der Waals surface area (Å²) in [5.74, 6) is -0.280. The molecule has 1 rings (SSSR count). The number of carbonyl (C=O) groups excluding carboxylic acids is 2. The number of nitrogens with two attached hydrogens (primary N) is 1. The summed E-state index contributed by atoms with van der Waals surface area (Å²) in [5, 5.41) is 0. The number of amides is 1. The predicted molar refractivity (Wildman–Crippen MR) is 93.9 cm³/mol. The lowest BCUT2D eigenvalue weighted by Gasteiger charge is -2.23. The highest BCUT2D eigenvalue weighted by atomic mass is 16.2. The summed E-state index contributed by atoms with van der Waals surface area (Å²) in [7, 11) is 0. The van der Waals surface area contributed by atoms with Gasteiger partial charge in [0.05, 0.1) is 6.04 Å². The first-order valence-electron chi connectivity index (χ1n) is 7.77. The zero-order valence-electron chi connectivity index (χ0n) is 14.5. The number of hydrogen-bond donors (Lipinski definition) is 1. The molecule has 124 valence electrons.